The number of ether oxygens (including phenoxy) is 1. The lowest BCUT2D eigenvalue weighted by molar-refractivity contribution is 0.0626. The van der Waals surface area contributed by atoms with Crippen LogP contribution in [0.2, 0.25) is 0 Å². The van der Waals surface area contributed by atoms with Crippen molar-refractivity contribution in [3.63, 3.8) is 0 Å². The number of amides is 1. The second kappa shape index (κ2) is 9.27. The first-order valence-corrected chi connectivity index (χ1v) is 13.0. The molecule has 0 saturated carbocycles. The molecule has 182 valence electrons. The van der Waals surface area contributed by atoms with Gasteiger partial charge < -0.3 is 15.0 Å². The van der Waals surface area contributed by atoms with Gasteiger partial charge in [0.2, 0.25) is 11.8 Å². The van der Waals surface area contributed by atoms with Crippen molar-refractivity contribution in [1.82, 2.24) is 20.2 Å². The summed E-state index contributed by atoms with van der Waals surface area (Å²) in [5.41, 5.74) is 3.75. The number of aryl methyl sites for hydroxylation is 2. The van der Waals surface area contributed by atoms with Crippen molar-refractivity contribution in [3.8, 4) is 17.1 Å². The fourth-order valence-electron chi connectivity index (χ4n) is 4.53. The summed E-state index contributed by atoms with van der Waals surface area (Å²) in [6.45, 7) is 6.09. The minimum Gasteiger partial charge on any atom is -0.471 e. The molecule has 0 radical (unpaired) electrons. The molecule has 10 heteroatoms. The van der Waals surface area contributed by atoms with Crippen molar-refractivity contribution in [2.45, 2.75) is 31.3 Å². The highest BCUT2D eigenvalue weighted by molar-refractivity contribution is 7.92. The normalized spacial score (nSPS) is 19.7. The summed E-state index contributed by atoms with van der Waals surface area (Å²) in [5.74, 6) is -0.0846. The van der Waals surface area contributed by atoms with Crippen molar-refractivity contribution < 1.29 is 17.9 Å². The minimum atomic E-state index is -4.05. The van der Waals surface area contributed by atoms with Crippen molar-refractivity contribution in [3.05, 3.63) is 65.2 Å². The van der Waals surface area contributed by atoms with E-state index in [-0.39, 0.29) is 28.7 Å². The number of hydrogen-bond acceptors (Lipinski definition) is 7. The average Bonchev–Trinajstić information content (AvgIpc) is 2.79. The van der Waals surface area contributed by atoms with Crippen LogP contribution in [-0.4, -0.2) is 61.5 Å². The Morgan fingerprint density at radius 2 is 1.83 bits per heavy atom. The lowest BCUT2D eigenvalue weighted by Crippen LogP contribution is -2.47. The number of hydrogen-bond donors (Lipinski definition) is 2. The molecule has 0 aliphatic carbocycles. The predicted octanol–water partition coefficient (Wildman–Crippen LogP) is 2.76. The number of carbonyl (C=O) groups is 1. The Kier molecular flexibility index (Phi) is 6.16. The second-order valence-electron chi connectivity index (χ2n) is 8.86. The summed E-state index contributed by atoms with van der Waals surface area (Å²) in [6, 6.07) is 13.7. The van der Waals surface area contributed by atoms with Crippen LogP contribution in [0.25, 0.3) is 11.3 Å². The largest absolute Gasteiger partial charge is 0.471 e. The Morgan fingerprint density at radius 3 is 2.63 bits per heavy atom. The highest BCUT2D eigenvalue weighted by Crippen LogP contribution is 2.30. The molecule has 5 rings (SSSR count). The number of rotatable bonds is 1. The van der Waals surface area contributed by atoms with Crippen LogP contribution in [0.4, 0.5) is 5.95 Å². The summed E-state index contributed by atoms with van der Waals surface area (Å²) in [7, 11) is -4.05. The van der Waals surface area contributed by atoms with Crippen LogP contribution in [0.1, 0.15) is 27.9 Å². The number of benzene rings is 2. The van der Waals surface area contributed by atoms with E-state index in [1.54, 1.807) is 23.1 Å². The molecule has 1 aromatic heterocycles. The smallest absolute Gasteiger partial charge is 0.264 e. The Labute approximate surface area is 204 Å². The fourth-order valence-corrected chi connectivity index (χ4v) is 5.52. The molecule has 2 N–H and O–H groups in total. The van der Waals surface area contributed by atoms with Crippen LogP contribution in [0.3, 0.4) is 0 Å². The lowest BCUT2D eigenvalue weighted by Gasteiger charge is -2.30. The first-order chi connectivity index (χ1) is 16.8. The van der Waals surface area contributed by atoms with Crippen molar-refractivity contribution in [2.75, 3.05) is 30.9 Å². The summed E-state index contributed by atoms with van der Waals surface area (Å²) in [4.78, 5) is 23.9. The van der Waals surface area contributed by atoms with Crippen LogP contribution < -0.4 is 14.8 Å². The molecule has 6 bridgehead atoms. The molecule has 1 unspecified atom stereocenters. The van der Waals surface area contributed by atoms with Crippen LogP contribution in [0.5, 0.6) is 5.88 Å². The quantitative estimate of drug-likeness (QED) is 0.536. The number of aromatic nitrogens is 2. The fraction of sp³-hybridized carbons (Fsp3) is 0.320. The Balaban J connectivity index is 1.68. The number of fused-ring (bicyclic) bond motifs is 6. The van der Waals surface area contributed by atoms with E-state index < -0.39 is 10.0 Å². The molecule has 2 aliphatic heterocycles. The molecule has 35 heavy (non-hydrogen) atoms. The second-order valence-corrected chi connectivity index (χ2v) is 10.5. The van der Waals surface area contributed by atoms with Crippen LogP contribution in [0.15, 0.2) is 53.4 Å². The van der Waals surface area contributed by atoms with E-state index in [0.717, 1.165) is 29.7 Å². The molecule has 3 aromatic rings. The number of carbonyl (C=O) groups excluding carboxylic acids is 1. The summed E-state index contributed by atoms with van der Waals surface area (Å²) >= 11 is 0. The topological polar surface area (TPSA) is 114 Å². The van der Waals surface area contributed by atoms with E-state index in [1.807, 2.05) is 32.0 Å². The molecule has 3 heterocycles. The lowest BCUT2D eigenvalue weighted by atomic mass is 10.00. The van der Waals surface area contributed by atoms with Crippen LogP contribution in [0, 0.1) is 13.8 Å². The zero-order chi connectivity index (χ0) is 24.6. The third kappa shape index (κ3) is 4.85. The van der Waals surface area contributed by atoms with Gasteiger partial charge in [-0.15, -0.1) is 0 Å². The van der Waals surface area contributed by atoms with Crippen molar-refractivity contribution in [2.24, 2.45) is 0 Å². The van der Waals surface area contributed by atoms with Gasteiger partial charge in [0.15, 0.2) is 0 Å². The predicted molar refractivity (Wildman–Crippen MR) is 132 cm³/mol. The molecule has 1 amide bonds. The van der Waals surface area contributed by atoms with Gasteiger partial charge in [-0.05, 0) is 56.1 Å². The SMILES string of the molecule is Cc1cccc(C)c1-c1cc2nc(n1)NS(=O)(=O)c1cccc(c1)C(=O)N1CCCNCC(C1)O2. The maximum Gasteiger partial charge on any atom is 0.264 e. The van der Waals surface area contributed by atoms with E-state index in [0.29, 0.717) is 30.9 Å². The molecule has 2 aliphatic rings. The van der Waals surface area contributed by atoms with Crippen LogP contribution in [-0.2, 0) is 10.0 Å². The molecule has 2 aromatic carbocycles. The maximum atomic E-state index is 13.3. The Bertz CT molecular complexity index is 1370. The molecule has 0 spiro atoms. The van der Waals surface area contributed by atoms with E-state index in [4.69, 9.17) is 4.74 Å². The van der Waals surface area contributed by atoms with E-state index in [1.165, 1.54) is 12.1 Å². The van der Waals surface area contributed by atoms with Gasteiger partial charge in [-0.3, -0.25) is 4.79 Å². The van der Waals surface area contributed by atoms with E-state index in [9.17, 15) is 13.2 Å². The number of anilines is 1. The highest BCUT2D eigenvalue weighted by atomic mass is 32.2. The zero-order valence-electron chi connectivity index (χ0n) is 19.6. The molecule has 1 atom stereocenters. The third-order valence-corrected chi connectivity index (χ3v) is 7.53. The number of nitrogens with one attached hydrogen (secondary N) is 2. The van der Waals surface area contributed by atoms with Gasteiger partial charge in [0.1, 0.15) is 6.10 Å². The summed E-state index contributed by atoms with van der Waals surface area (Å²) in [5, 5.41) is 3.36. The average molecular weight is 494 g/mol. The van der Waals surface area contributed by atoms with Gasteiger partial charge in [0.05, 0.1) is 17.1 Å². The highest BCUT2D eigenvalue weighted by Gasteiger charge is 2.27. The number of nitrogens with zero attached hydrogens (tertiary/aromatic N) is 3. The first kappa shape index (κ1) is 23.3. The van der Waals surface area contributed by atoms with Gasteiger partial charge in [0, 0.05) is 30.3 Å². The Hall–Kier alpha value is -3.50. The summed E-state index contributed by atoms with van der Waals surface area (Å²) in [6.07, 6.45) is 0.403. The van der Waals surface area contributed by atoms with Gasteiger partial charge in [-0.25, -0.2) is 18.1 Å². The van der Waals surface area contributed by atoms with E-state index in [2.05, 4.69) is 20.0 Å². The molecule has 1 fully saturated rings. The molecule has 9 nitrogen and oxygen atoms in total. The Morgan fingerprint density at radius 1 is 1.06 bits per heavy atom. The summed E-state index contributed by atoms with van der Waals surface area (Å²) < 4.78 is 35.2. The van der Waals surface area contributed by atoms with Gasteiger partial charge in [0.25, 0.3) is 15.9 Å². The molecular formula is C25H27N5O4S. The zero-order valence-corrected chi connectivity index (χ0v) is 20.4. The minimum absolute atomic E-state index is 0.0311. The molecule has 1 saturated heterocycles. The van der Waals surface area contributed by atoms with Gasteiger partial charge in [-0.1, -0.05) is 24.3 Å². The van der Waals surface area contributed by atoms with Gasteiger partial charge >= 0.3 is 0 Å². The first-order valence-electron chi connectivity index (χ1n) is 11.6. The third-order valence-electron chi connectivity index (χ3n) is 6.21. The van der Waals surface area contributed by atoms with Crippen molar-refractivity contribution >= 4 is 21.9 Å². The standard InChI is InChI=1S/C25H27N5O4S/c1-16-6-3-7-17(2)23(16)21-13-22-28-25(27-21)29-35(32,33)20-9-4-8-18(12-20)24(31)30-11-5-10-26-14-19(15-30)34-22/h3-4,6-9,12-13,19,26H,5,10-11,14-15H2,1-2H3,(H,27,28,29). The number of sulfonamides is 1. The van der Waals surface area contributed by atoms with Gasteiger partial charge in [-0.2, -0.15) is 4.98 Å². The monoisotopic (exact) mass is 493 g/mol. The van der Waals surface area contributed by atoms with E-state index >= 15 is 0 Å². The maximum absolute atomic E-state index is 13.3. The van der Waals surface area contributed by atoms with Crippen LogP contribution >= 0.6 is 0 Å². The molecular weight excluding hydrogens is 466 g/mol. The van der Waals surface area contributed by atoms with Crippen molar-refractivity contribution in [1.29, 1.82) is 0 Å².